The highest BCUT2D eigenvalue weighted by atomic mass is 35.5. The van der Waals surface area contributed by atoms with E-state index < -0.39 is 47.1 Å². The van der Waals surface area contributed by atoms with Gasteiger partial charge in [0, 0.05) is 18.7 Å². The van der Waals surface area contributed by atoms with Crippen molar-refractivity contribution in [2.75, 3.05) is 0 Å². The summed E-state index contributed by atoms with van der Waals surface area (Å²) in [7, 11) is 0. The van der Waals surface area contributed by atoms with Gasteiger partial charge < -0.3 is 15.7 Å². The number of aliphatic carboxylic acids is 1. The molecule has 5 atom stereocenters. The van der Waals surface area contributed by atoms with Crippen molar-refractivity contribution in [3.63, 3.8) is 0 Å². The first-order chi connectivity index (χ1) is 19.0. The van der Waals surface area contributed by atoms with E-state index in [1.54, 1.807) is 30.3 Å². The standard InChI is InChI=1S/C29H26ClF4N3O3/c30-21-8-9-23(35-15-21)28(14-16-4-2-1-3-5-16,19-11-20(29(32,33)34)13-22(31)12-19)37-27(40)36-25-18-7-6-17(10-18)24(25)26(38)39/h1-5,8-9,11-13,15,17-18,24-25H,6-7,10,14H2,(H,38,39)(H2,36,37,40)/t17-,18+,24-,25+,28+/m1/s1. The van der Waals surface area contributed by atoms with Crippen molar-refractivity contribution in [2.45, 2.75) is 43.4 Å². The highest BCUT2D eigenvalue weighted by Crippen LogP contribution is 2.48. The summed E-state index contributed by atoms with van der Waals surface area (Å²) in [6.45, 7) is 0. The van der Waals surface area contributed by atoms with Crippen LogP contribution in [0.5, 0.6) is 0 Å². The van der Waals surface area contributed by atoms with Crippen molar-refractivity contribution in [3.8, 4) is 0 Å². The maximum atomic E-state index is 14.8. The molecule has 2 aliphatic carbocycles. The molecule has 5 rings (SSSR count). The van der Waals surface area contributed by atoms with E-state index >= 15 is 0 Å². The van der Waals surface area contributed by atoms with Crippen molar-refractivity contribution < 1.29 is 32.3 Å². The van der Waals surface area contributed by atoms with Gasteiger partial charge in [-0.2, -0.15) is 13.2 Å². The molecule has 2 fully saturated rings. The highest BCUT2D eigenvalue weighted by Gasteiger charge is 2.52. The number of nitrogens with one attached hydrogen (secondary N) is 2. The van der Waals surface area contributed by atoms with E-state index in [2.05, 4.69) is 15.6 Å². The number of carboxylic acids is 1. The van der Waals surface area contributed by atoms with E-state index in [4.69, 9.17) is 11.6 Å². The zero-order valence-corrected chi connectivity index (χ0v) is 21.8. The number of amides is 2. The van der Waals surface area contributed by atoms with Crippen LogP contribution >= 0.6 is 11.6 Å². The molecule has 40 heavy (non-hydrogen) atoms. The fraction of sp³-hybridized carbons (Fsp3) is 0.345. The summed E-state index contributed by atoms with van der Waals surface area (Å²) in [6.07, 6.45) is -1.45. The van der Waals surface area contributed by atoms with Gasteiger partial charge in [-0.05, 0) is 72.6 Å². The van der Waals surface area contributed by atoms with Gasteiger partial charge in [0.1, 0.15) is 11.4 Å². The lowest BCUT2D eigenvalue weighted by molar-refractivity contribution is -0.144. The molecule has 0 radical (unpaired) electrons. The van der Waals surface area contributed by atoms with Crippen molar-refractivity contribution >= 4 is 23.6 Å². The van der Waals surface area contributed by atoms with Gasteiger partial charge >= 0.3 is 18.2 Å². The Labute approximate surface area is 232 Å². The predicted octanol–water partition coefficient (Wildman–Crippen LogP) is 6.18. The van der Waals surface area contributed by atoms with Crippen LogP contribution < -0.4 is 10.6 Å². The number of carbonyl (C=O) groups excluding carboxylic acids is 1. The van der Waals surface area contributed by atoms with Crippen LogP contribution in [0.25, 0.3) is 0 Å². The van der Waals surface area contributed by atoms with Gasteiger partial charge in [0.05, 0.1) is 22.2 Å². The molecule has 2 amide bonds. The summed E-state index contributed by atoms with van der Waals surface area (Å²) in [5.74, 6) is -3.00. The fourth-order valence-electron chi connectivity index (χ4n) is 6.29. The predicted molar refractivity (Wildman–Crippen MR) is 139 cm³/mol. The van der Waals surface area contributed by atoms with E-state index in [1.807, 2.05) is 0 Å². The van der Waals surface area contributed by atoms with Crippen LogP contribution in [0.4, 0.5) is 22.4 Å². The first-order valence-corrected chi connectivity index (χ1v) is 13.2. The van der Waals surface area contributed by atoms with Gasteiger partial charge in [-0.1, -0.05) is 41.9 Å². The Hall–Kier alpha value is -3.66. The molecule has 0 saturated heterocycles. The molecular weight excluding hydrogens is 550 g/mol. The number of carboxylic acid groups (broad SMARTS) is 1. The molecular formula is C29H26ClF4N3O3. The summed E-state index contributed by atoms with van der Waals surface area (Å²) < 4.78 is 56.2. The maximum absolute atomic E-state index is 14.8. The van der Waals surface area contributed by atoms with Gasteiger partial charge in [0.15, 0.2) is 0 Å². The fourth-order valence-corrected chi connectivity index (χ4v) is 6.40. The molecule has 2 aliphatic rings. The average molecular weight is 576 g/mol. The number of benzene rings is 2. The number of halogens is 5. The van der Waals surface area contributed by atoms with Crippen molar-refractivity contribution in [1.82, 2.24) is 15.6 Å². The Morgan fingerprint density at radius 3 is 2.35 bits per heavy atom. The van der Waals surface area contributed by atoms with Crippen molar-refractivity contribution in [3.05, 3.63) is 100 Å². The first-order valence-electron chi connectivity index (χ1n) is 12.8. The molecule has 0 aliphatic heterocycles. The molecule has 0 spiro atoms. The van der Waals surface area contributed by atoms with Crippen LogP contribution in [0.2, 0.25) is 5.02 Å². The number of pyridine rings is 1. The van der Waals surface area contributed by atoms with Gasteiger partial charge in [-0.15, -0.1) is 0 Å². The third-order valence-electron chi connectivity index (χ3n) is 8.02. The third kappa shape index (κ3) is 5.50. The number of aromatic nitrogens is 1. The first kappa shape index (κ1) is 27.9. The van der Waals surface area contributed by atoms with Crippen LogP contribution in [0.3, 0.4) is 0 Å². The van der Waals surface area contributed by atoms with Crippen molar-refractivity contribution in [1.29, 1.82) is 0 Å². The molecule has 2 bridgehead atoms. The Kier molecular flexibility index (Phi) is 7.48. The lowest BCUT2D eigenvalue weighted by Crippen LogP contribution is -2.57. The minimum Gasteiger partial charge on any atom is -0.481 e. The monoisotopic (exact) mass is 575 g/mol. The molecule has 1 heterocycles. The zero-order valence-electron chi connectivity index (χ0n) is 21.1. The van der Waals surface area contributed by atoms with Crippen LogP contribution in [0.1, 0.15) is 41.6 Å². The molecule has 210 valence electrons. The number of alkyl halides is 3. The number of urea groups is 1. The maximum Gasteiger partial charge on any atom is 0.416 e. The minimum absolute atomic E-state index is 0.0277. The number of rotatable bonds is 7. The second-order valence-corrected chi connectivity index (χ2v) is 10.9. The van der Waals surface area contributed by atoms with E-state index in [1.165, 1.54) is 18.3 Å². The Morgan fingerprint density at radius 2 is 1.70 bits per heavy atom. The Balaban J connectivity index is 1.62. The topological polar surface area (TPSA) is 91.3 Å². The van der Waals surface area contributed by atoms with Crippen LogP contribution in [-0.2, 0) is 22.9 Å². The number of hydrogen-bond donors (Lipinski definition) is 3. The SMILES string of the molecule is O=C(N[C@H]1[C@H]2CC[C@H](C2)[C@H]1C(=O)O)N[C@@](Cc1ccccc1)(c1cc(F)cc(C(F)(F)F)c1)c1ccc(Cl)cn1. The molecule has 3 aromatic rings. The summed E-state index contributed by atoms with van der Waals surface area (Å²) >= 11 is 6.05. The third-order valence-corrected chi connectivity index (χ3v) is 8.24. The highest BCUT2D eigenvalue weighted by molar-refractivity contribution is 6.30. The Bertz CT molecular complexity index is 1400. The number of nitrogens with zero attached hydrogens (tertiary/aromatic N) is 1. The molecule has 2 saturated carbocycles. The van der Waals surface area contributed by atoms with E-state index in [0.29, 0.717) is 18.1 Å². The number of fused-ring (bicyclic) bond motifs is 2. The van der Waals surface area contributed by atoms with Crippen molar-refractivity contribution in [2.24, 2.45) is 17.8 Å². The van der Waals surface area contributed by atoms with E-state index in [9.17, 15) is 32.3 Å². The second-order valence-electron chi connectivity index (χ2n) is 10.5. The molecule has 6 nitrogen and oxygen atoms in total. The van der Waals surface area contributed by atoms with Gasteiger partial charge in [-0.3, -0.25) is 9.78 Å². The second kappa shape index (κ2) is 10.7. The van der Waals surface area contributed by atoms with E-state index in [0.717, 1.165) is 25.0 Å². The Morgan fingerprint density at radius 1 is 1.00 bits per heavy atom. The van der Waals surface area contributed by atoms with E-state index in [-0.39, 0.29) is 34.5 Å². The molecule has 1 aromatic heterocycles. The zero-order chi connectivity index (χ0) is 28.7. The molecule has 11 heteroatoms. The summed E-state index contributed by atoms with van der Waals surface area (Å²) in [6, 6.07) is 12.3. The summed E-state index contributed by atoms with van der Waals surface area (Å²) in [5, 5.41) is 15.7. The van der Waals surface area contributed by atoms with Crippen LogP contribution in [0.15, 0.2) is 66.9 Å². The lowest BCUT2D eigenvalue weighted by Gasteiger charge is -2.37. The smallest absolute Gasteiger partial charge is 0.416 e. The minimum atomic E-state index is -4.86. The summed E-state index contributed by atoms with van der Waals surface area (Å²) in [5.41, 5.74) is -2.45. The van der Waals surface area contributed by atoms with Crippen LogP contribution in [0, 0.1) is 23.6 Å². The quantitative estimate of drug-likeness (QED) is 0.294. The van der Waals surface area contributed by atoms with Gasteiger partial charge in [0.2, 0.25) is 0 Å². The summed E-state index contributed by atoms with van der Waals surface area (Å²) in [4.78, 5) is 30.0. The lowest BCUT2D eigenvalue weighted by atomic mass is 9.79. The molecule has 3 N–H and O–H groups in total. The molecule has 2 aromatic carbocycles. The van der Waals surface area contributed by atoms with Gasteiger partial charge in [-0.25, -0.2) is 9.18 Å². The molecule has 0 unspecified atom stereocenters. The van der Waals surface area contributed by atoms with Gasteiger partial charge in [0.25, 0.3) is 0 Å². The number of carbonyl (C=O) groups is 2. The average Bonchev–Trinajstić information content (AvgIpc) is 3.50. The van der Waals surface area contributed by atoms with Crippen LogP contribution in [-0.4, -0.2) is 28.1 Å². The number of hydrogen-bond acceptors (Lipinski definition) is 3. The largest absolute Gasteiger partial charge is 0.481 e. The normalized spacial score (nSPS) is 23.4.